The van der Waals surface area contributed by atoms with Gasteiger partial charge >= 0.3 is 0 Å². The number of hydrogen-bond donors (Lipinski definition) is 2. The van der Waals surface area contributed by atoms with E-state index in [1.165, 1.54) is 10.8 Å². The lowest BCUT2D eigenvalue weighted by molar-refractivity contribution is 0.0933. The van der Waals surface area contributed by atoms with Crippen LogP contribution < -0.4 is 16.0 Å². The van der Waals surface area contributed by atoms with Crippen LogP contribution in [0.4, 0.5) is 0 Å². The number of amides is 1. The van der Waals surface area contributed by atoms with Crippen LogP contribution in [0.25, 0.3) is 0 Å². The summed E-state index contributed by atoms with van der Waals surface area (Å²) in [5.74, 6) is -0.102. The molecule has 0 radical (unpaired) electrons. The van der Waals surface area contributed by atoms with E-state index in [4.69, 9.17) is 0 Å². The number of carbonyl (C=O) groups is 1. The SMILES string of the molecule is C[Si](C)(C)c1ccc(CCNNC(=O)c2ccccc2)cc1. The molecule has 0 spiro atoms. The smallest absolute Gasteiger partial charge is 0.265 e. The van der Waals surface area contributed by atoms with Crippen molar-refractivity contribution in [2.75, 3.05) is 6.54 Å². The predicted octanol–water partition coefficient (Wildman–Crippen LogP) is 2.71. The minimum atomic E-state index is -1.22. The summed E-state index contributed by atoms with van der Waals surface area (Å²) in [6, 6.07) is 18.1. The highest BCUT2D eigenvalue weighted by Gasteiger charge is 2.15. The third kappa shape index (κ3) is 4.82. The molecule has 0 heterocycles. The van der Waals surface area contributed by atoms with Gasteiger partial charge in [-0.3, -0.25) is 10.2 Å². The Balaban J connectivity index is 1.76. The Bertz CT molecular complexity index is 603. The summed E-state index contributed by atoms with van der Waals surface area (Å²) < 4.78 is 0. The molecule has 0 unspecified atom stereocenters. The van der Waals surface area contributed by atoms with Crippen molar-refractivity contribution in [1.29, 1.82) is 0 Å². The van der Waals surface area contributed by atoms with E-state index in [-0.39, 0.29) is 5.91 Å². The van der Waals surface area contributed by atoms with Crippen LogP contribution in [0.5, 0.6) is 0 Å². The third-order valence-corrected chi connectivity index (χ3v) is 5.66. The van der Waals surface area contributed by atoms with Gasteiger partial charge in [0.1, 0.15) is 0 Å². The quantitative estimate of drug-likeness (QED) is 0.489. The molecule has 2 aromatic carbocycles. The average Bonchev–Trinajstić information content (AvgIpc) is 2.52. The second-order valence-corrected chi connectivity index (χ2v) is 11.5. The van der Waals surface area contributed by atoms with Crippen LogP contribution >= 0.6 is 0 Å². The number of benzene rings is 2. The van der Waals surface area contributed by atoms with Crippen molar-refractivity contribution in [3.05, 3.63) is 65.7 Å². The fraction of sp³-hybridized carbons (Fsp3) is 0.278. The van der Waals surface area contributed by atoms with Crippen LogP contribution in [0, 0.1) is 0 Å². The standard InChI is InChI=1S/C18H24N2OSi/c1-22(2,3)17-11-9-15(10-12-17)13-14-19-20-18(21)16-7-5-4-6-8-16/h4-12,19H,13-14H2,1-3H3,(H,20,21). The molecule has 3 nitrogen and oxygen atoms in total. The maximum absolute atomic E-state index is 11.8. The largest absolute Gasteiger partial charge is 0.287 e. The van der Waals surface area contributed by atoms with Crippen LogP contribution in [0.15, 0.2) is 54.6 Å². The van der Waals surface area contributed by atoms with Gasteiger partial charge in [-0.05, 0) is 24.1 Å². The molecule has 4 heteroatoms. The topological polar surface area (TPSA) is 41.1 Å². The summed E-state index contributed by atoms with van der Waals surface area (Å²) >= 11 is 0. The van der Waals surface area contributed by atoms with E-state index >= 15 is 0 Å². The lowest BCUT2D eigenvalue weighted by atomic mass is 10.1. The highest BCUT2D eigenvalue weighted by molar-refractivity contribution is 6.88. The second kappa shape index (κ2) is 7.38. The molecule has 0 aliphatic carbocycles. The third-order valence-electron chi connectivity index (χ3n) is 3.60. The molecular weight excluding hydrogens is 288 g/mol. The first-order chi connectivity index (χ1) is 10.5. The molecule has 0 fully saturated rings. The molecule has 116 valence electrons. The van der Waals surface area contributed by atoms with Crippen LogP contribution in [0.3, 0.4) is 0 Å². The summed E-state index contributed by atoms with van der Waals surface area (Å²) in [5, 5.41) is 1.47. The van der Waals surface area contributed by atoms with Crippen molar-refractivity contribution in [1.82, 2.24) is 10.9 Å². The molecule has 0 atom stereocenters. The van der Waals surface area contributed by atoms with Gasteiger partial charge in [-0.1, -0.05) is 67.3 Å². The monoisotopic (exact) mass is 312 g/mol. The van der Waals surface area contributed by atoms with Crippen molar-refractivity contribution in [2.45, 2.75) is 26.1 Å². The van der Waals surface area contributed by atoms with Crippen molar-refractivity contribution < 1.29 is 4.79 Å². The second-order valence-electron chi connectivity index (χ2n) is 6.44. The molecule has 2 rings (SSSR count). The predicted molar refractivity (Wildman–Crippen MR) is 95.0 cm³/mol. The molecule has 2 aromatic rings. The molecule has 0 aromatic heterocycles. The fourth-order valence-corrected chi connectivity index (χ4v) is 3.35. The molecule has 1 amide bonds. The summed E-state index contributed by atoms with van der Waals surface area (Å²) in [6.07, 6.45) is 0.890. The number of rotatable bonds is 6. The summed E-state index contributed by atoms with van der Waals surface area (Å²) in [4.78, 5) is 11.8. The first kappa shape index (κ1) is 16.5. The van der Waals surface area contributed by atoms with E-state index in [0.29, 0.717) is 12.1 Å². The van der Waals surface area contributed by atoms with E-state index in [1.54, 1.807) is 12.1 Å². The molecule has 2 N–H and O–H groups in total. The number of hydrogen-bond acceptors (Lipinski definition) is 2. The van der Waals surface area contributed by atoms with E-state index in [0.717, 1.165) is 6.42 Å². The van der Waals surface area contributed by atoms with E-state index in [1.807, 2.05) is 18.2 Å². The van der Waals surface area contributed by atoms with Crippen LogP contribution in [-0.2, 0) is 6.42 Å². The van der Waals surface area contributed by atoms with Gasteiger partial charge in [0.25, 0.3) is 5.91 Å². The maximum atomic E-state index is 11.8. The van der Waals surface area contributed by atoms with Crippen LogP contribution in [-0.4, -0.2) is 20.5 Å². The summed E-state index contributed by atoms with van der Waals surface area (Å²) in [5.41, 5.74) is 7.65. The summed E-state index contributed by atoms with van der Waals surface area (Å²) in [7, 11) is -1.22. The minimum absolute atomic E-state index is 0.102. The van der Waals surface area contributed by atoms with Gasteiger partial charge in [-0.15, -0.1) is 0 Å². The van der Waals surface area contributed by atoms with E-state index in [9.17, 15) is 4.79 Å². The lowest BCUT2D eigenvalue weighted by Crippen LogP contribution is -2.39. The number of nitrogens with one attached hydrogen (secondary N) is 2. The van der Waals surface area contributed by atoms with Crippen molar-refractivity contribution in [2.24, 2.45) is 0 Å². The van der Waals surface area contributed by atoms with Gasteiger partial charge in [-0.25, -0.2) is 5.43 Å². The minimum Gasteiger partial charge on any atom is -0.287 e. The Morgan fingerprint density at radius 2 is 1.59 bits per heavy atom. The summed E-state index contributed by atoms with van der Waals surface area (Å²) in [6.45, 7) is 7.76. The van der Waals surface area contributed by atoms with E-state index < -0.39 is 8.07 Å². The lowest BCUT2D eigenvalue weighted by Gasteiger charge is -2.16. The fourth-order valence-electron chi connectivity index (χ4n) is 2.18. The Kier molecular flexibility index (Phi) is 5.52. The van der Waals surface area contributed by atoms with Gasteiger partial charge in [-0.2, -0.15) is 0 Å². The Morgan fingerprint density at radius 3 is 2.18 bits per heavy atom. The Labute approximate surface area is 133 Å². The molecule has 22 heavy (non-hydrogen) atoms. The first-order valence-electron chi connectivity index (χ1n) is 7.64. The normalized spacial score (nSPS) is 11.2. The van der Waals surface area contributed by atoms with Crippen molar-refractivity contribution >= 4 is 19.2 Å². The molecule has 0 saturated carbocycles. The van der Waals surface area contributed by atoms with Gasteiger partial charge < -0.3 is 0 Å². The molecule has 0 saturated heterocycles. The number of carbonyl (C=O) groups excluding carboxylic acids is 1. The van der Waals surface area contributed by atoms with Gasteiger partial charge in [0.05, 0.1) is 8.07 Å². The zero-order chi connectivity index (χ0) is 16.0. The zero-order valence-electron chi connectivity index (χ0n) is 13.5. The van der Waals surface area contributed by atoms with Gasteiger partial charge in [0.15, 0.2) is 0 Å². The molecular formula is C18H24N2OSi. The molecule has 0 aliphatic heterocycles. The van der Waals surface area contributed by atoms with E-state index in [2.05, 4.69) is 54.8 Å². The van der Waals surface area contributed by atoms with Gasteiger partial charge in [0.2, 0.25) is 0 Å². The highest BCUT2D eigenvalue weighted by atomic mass is 28.3. The van der Waals surface area contributed by atoms with Gasteiger partial charge in [0, 0.05) is 12.1 Å². The number of hydrazine groups is 1. The van der Waals surface area contributed by atoms with Crippen LogP contribution in [0.2, 0.25) is 19.6 Å². The van der Waals surface area contributed by atoms with Crippen molar-refractivity contribution in [3.8, 4) is 0 Å². The Morgan fingerprint density at radius 1 is 0.955 bits per heavy atom. The first-order valence-corrected chi connectivity index (χ1v) is 11.1. The van der Waals surface area contributed by atoms with Crippen molar-refractivity contribution in [3.63, 3.8) is 0 Å². The highest BCUT2D eigenvalue weighted by Crippen LogP contribution is 2.05. The Hall–Kier alpha value is -1.91. The molecule has 0 aliphatic rings. The zero-order valence-corrected chi connectivity index (χ0v) is 14.5. The maximum Gasteiger partial charge on any atom is 0.265 e. The molecule has 0 bridgehead atoms. The average molecular weight is 312 g/mol. The van der Waals surface area contributed by atoms with Crippen LogP contribution in [0.1, 0.15) is 15.9 Å².